The van der Waals surface area contributed by atoms with E-state index in [9.17, 15) is 19.1 Å². The molecule has 8 heteroatoms. The maximum atomic E-state index is 14.5. The molecule has 1 unspecified atom stereocenters. The highest BCUT2D eigenvalue weighted by atomic mass is 19.1. The first-order valence-electron chi connectivity index (χ1n) is 8.30. The van der Waals surface area contributed by atoms with E-state index in [1.54, 1.807) is 17.0 Å². The van der Waals surface area contributed by atoms with Crippen LogP contribution in [0.25, 0.3) is 0 Å². The number of hydrogen-bond acceptors (Lipinski definition) is 5. The molecule has 0 aliphatic carbocycles. The zero-order valence-corrected chi connectivity index (χ0v) is 14.2. The SMILES string of the molecule is CC(=O)NCC1CN(c2ccc(N3C[C@@H](O)[C@@H](C)C3)c(F)c2)C(=O)O1. The van der Waals surface area contributed by atoms with Crippen LogP contribution >= 0.6 is 0 Å². The van der Waals surface area contributed by atoms with Gasteiger partial charge >= 0.3 is 6.09 Å². The van der Waals surface area contributed by atoms with Crippen LogP contribution in [0.1, 0.15) is 13.8 Å². The normalized spacial score (nSPS) is 26.1. The number of amides is 2. The first-order valence-corrected chi connectivity index (χ1v) is 8.30. The van der Waals surface area contributed by atoms with Crippen LogP contribution in [0.5, 0.6) is 0 Å². The number of nitrogens with one attached hydrogen (secondary N) is 1. The Bertz CT molecular complexity index is 674. The number of rotatable bonds is 4. The van der Waals surface area contributed by atoms with Crippen molar-refractivity contribution in [2.45, 2.75) is 26.1 Å². The summed E-state index contributed by atoms with van der Waals surface area (Å²) in [6.07, 6.45) is -1.50. The third kappa shape index (κ3) is 3.68. The van der Waals surface area contributed by atoms with Crippen molar-refractivity contribution in [3.8, 4) is 0 Å². The van der Waals surface area contributed by atoms with Crippen LogP contribution in [0.4, 0.5) is 20.6 Å². The lowest BCUT2D eigenvalue weighted by molar-refractivity contribution is -0.119. The zero-order chi connectivity index (χ0) is 18.1. The highest BCUT2D eigenvalue weighted by Crippen LogP contribution is 2.30. The number of benzene rings is 1. The fourth-order valence-corrected chi connectivity index (χ4v) is 3.16. The maximum absolute atomic E-state index is 14.5. The van der Waals surface area contributed by atoms with E-state index in [1.807, 2.05) is 6.92 Å². The van der Waals surface area contributed by atoms with Crippen molar-refractivity contribution in [2.24, 2.45) is 5.92 Å². The fourth-order valence-electron chi connectivity index (χ4n) is 3.16. The van der Waals surface area contributed by atoms with Crippen LogP contribution in [-0.2, 0) is 9.53 Å². The van der Waals surface area contributed by atoms with E-state index in [4.69, 9.17) is 4.74 Å². The van der Waals surface area contributed by atoms with Gasteiger partial charge in [0.1, 0.15) is 11.9 Å². The van der Waals surface area contributed by atoms with Crippen molar-refractivity contribution >= 4 is 23.4 Å². The molecule has 2 heterocycles. The van der Waals surface area contributed by atoms with Gasteiger partial charge < -0.3 is 20.1 Å². The van der Waals surface area contributed by atoms with Crippen LogP contribution in [-0.4, -0.2) is 55.5 Å². The molecule has 2 N–H and O–H groups in total. The number of halogens is 1. The summed E-state index contributed by atoms with van der Waals surface area (Å²) >= 11 is 0. The maximum Gasteiger partial charge on any atom is 0.414 e. The van der Waals surface area contributed by atoms with Crippen molar-refractivity contribution in [1.82, 2.24) is 5.32 Å². The van der Waals surface area contributed by atoms with Crippen LogP contribution in [0.2, 0.25) is 0 Å². The van der Waals surface area contributed by atoms with Crippen LogP contribution < -0.4 is 15.1 Å². The molecule has 136 valence electrons. The van der Waals surface area contributed by atoms with Crippen molar-refractivity contribution in [1.29, 1.82) is 0 Å². The summed E-state index contributed by atoms with van der Waals surface area (Å²) in [7, 11) is 0. The number of hydrogen-bond donors (Lipinski definition) is 2. The Hall–Kier alpha value is -2.35. The molecule has 2 aliphatic heterocycles. The summed E-state index contributed by atoms with van der Waals surface area (Å²) in [5, 5.41) is 12.4. The first-order chi connectivity index (χ1) is 11.8. The predicted molar refractivity (Wildman–Crippen MR) is 90.1 cm³/mol. The summed E-state index contributed by atoms with van der Waals surface area (Å²) < 4.78 is 19.7. The largest absolute Gasteiger partial charge is 0.442 e. The average Bonchev–Trinajstić information content (AvgIpc) is 3.08. The molecule has 1 aromatic carbocycles. The summed E-state index contributed by atoms with van der Waals surface area (Å²) in [6.45, 7) is 4.76. The monoisotopic (exact) mass is 351 g/mol. The van der Waals surface area contributed by atoms with Gasteiger partial charge in [0.2, 0.25) is 5.91 Å². The molecule has 2 fully saturated rings. The quantitative estimate of drug-likeness (QED) is 0.849. The van der Waals surface area contributed by atoms with E-state index in [0.717, 1.165) is 0 Å². The molecule has 0 bridgehead atoms. The molecular weight excluding hydrogens is 329 g/mol. The molecule has 2 saturated heterocycles. The molecule has 0 spiro atoms. The summed E-state index contributed by atoms with van der Waals surface area (Å²) in [6, 6.07) is 4.58. The second-order valence-electron chi connectivity index (χ2n) is 6.64. The van der Waals surface area contributed by atoms with Gasteiger partial charge in [0.15, 0.2) is 0 Å². The molecule has 2 amide bonds. The topological polar surface area (TPSA) is 82.1 Å². The number of carbonyl (C=O) groups is 2. The Labute approximate surface area is 145 Å². The lowest BCUT2D eigenvalue weighted by Crippen LogP contribution is -2.33. The molecule has 0 saturated carbocycles. The molecule has 3 rings (SSSR count). The summed E-state index contributed by atoms with van der Waals surface area (Å²) in [5.41, 5.74) is 0.818. The fraction of sp³-hybridized carbons (Fsp3) is 0.529. The van der Waals surface area contributed by atoms with Crippen LogP contribution in [0.15, 0.2) is 18.2 Å². The summed E-state index contributed by atoms with van der Waals surface area (Å²) in [4.78, 5) is 26.1. The lowest BCUT2D eigenvalue weighted by Gasteiger charge is -2.20. The van der Waals surface area contributed by atoms with Crippen molar-refractivity contribution in [3.05, 3.63) is 24.0 Å². The zero-order valence-electron chi connectivity index (χ0n) is 14.2. The number of carbonyl (C=O) groups excluding carboxylic acids is 2. The minimum atomic E-state index is -0.562. The third-order valence-corrected chi connectivity index (χ3v) is 4.61. The molecule has 1 aromatic rings. The van der Waals surface area contributed by atoms with Gasteiger partial charge in [-0.25, -0.2) is 9.18 Å². The Kier molecular flexibility index (Phi) is 4.80. The highest BCUT2D eigenvalue weighted by Gasteiger charge is 2.34. The standard InChI is InChI=1S/C17H22FN3O4/c1-10-7-20(9-16(10)23)15-4-3-12(5-14(15)18)21-8-13(25-17(21)24)6-19-11(2)22/h3-5,10,13,16,23H,6-9H2,1-2H3,(H,19,22)/t10-,13?,16+/m0/s1. The van der Waals surface area contributed by atoms with Crippen molar-refractivity contribution < 1.29 is 23.8 Å². The second kappa shape index (κ2) is 6.87. The van der Waals surface area contributed by atoms with Gasteiger partial charge in [-0.1, -0.05) is 6.92 Å². The number of aliphatic hydroxyl groups is 1. The van der Waals surface area contributed by atoms with E-state index in [1.165, 1.54) is 17.9 Å². The number of aliphatic hydroxyl groups excluding tert-OH is 1. The van der Waals surface area contributed by atoms with Crippen LogP contribution in [0, 0.1) is 11.7 Å². The van der Waals surface area contributed by atoms with Gasteiger partial charge in [-0.15, -0.1) is 0 Å². The van der Waals surface area contributed by atoms with E-state index >= 15 is 0 Å². The number of ether oxygens (including phenoxy) is 1. The van der Waals surface area contributed by atoms with Gasteiger partial charge in [-0.05, 0) is 18.2 Å². The Balaban J connectivity index is 1.70. The van der Waals surface area contributed by atoms with E-state index < -0.39 is 24.1 Å². The van der Waals surface area contributed by atoms with Gasteiger partial charge in [0.25, 0.3) is 0 Å². The molecule has 0 radical (unpaired) electrons. The Morgan fingerprint density at radius 2 is 2.16 bits per heavy atom. The number of anilines is 2. The Morgan fingerprint density at radius 1 is 1.40 bits per heavy atom. The smallest absolute Gasteiger partial charge is 0.414 e. The molecular formula is C17H22FN3O4. The molecule has 7 nitrogen and oxygen atoms in total. The first kappa shape index (κ1) is 17.5. The minimum Gasteiger partial charge on any atom is -0.442 e. The number of nitrogens with zero attached hydrogens (tertiary/aromatic N) is 2. The minimum absolute atomic E-state index is 0.0853. The van der Waals surface area contributed by atoms with E-state index in [-0.39, 0.29) is 24.9 Å². The van der Waals surface area contributed by atoms with Crippen molar-refractivity contribution in [2.75, 3.05) is 36.0 Å². The molecule has 0 aromatic heterocycles. The number of β-amino-alcohol motifs (C(OH)–C–C–N with tert-alkyl or cyclic N) is 1. The lowest BCUT2D eigenvalue weighted by atomic mass is 10.1. The average molecular weight is 351 g/mol. The summed E-state index contributed by atoms with van der Waals surface area (Å²) in [5.74, 6) is -0.564. The van der Waals surface area contributed by atoms with Gasteiger partial charge in [0, 0.05) is 25.9 Å². The van der Waals surface area contributed by atoms with Gasteiger partial charge in [-0.2, -0.15) is 0 Å². The van der Waals surface area contributed by atoms with E-state index in [0.29, 0.717) is 24.5 Å². The van der Waals surface area contributed by atoms with Gasteiger partial charge in [-0.3, -0.25) is 9.69 Å². The van der Waals surface area contributed by atoms with Gasteiger partial charge in [0.05, 0.1) is 30.6 Å². The highest BCUT2D eigenvalue weighted by molar-refractivity contribution is 5.90. The Morgan fingerprint density at radius 3 is 2.76 bits per heavy atom. The third-order valence-electron chi connectivity index (χ3n) is 4.61. The second-order valence-corrected chi connectivity index (χ2v) is 6.64. The van der Waals surface area contributed by atoms with Crippen molar-refractivity contribution in [3.63, 3.8) is 0 Å². The molecule has 2 aliphatic rings. The molecule has 25 heavy (non-hydrogen) atoms. The molecule has 3 atom stereocenters. The predicted octanol–water partition coefficient (Wildman–Crippen LogP) is 1.10. The van der Waals surface area contributed by atoms with E-state index in [2.05, 4.69) is 5.32 Å². The van der Waals surface area contributed by atoms with Crippen LogP contribution in [0.3, 0.4) is 0 Å². The number of cyclic esters (lactones) is 1.